The smallest absolute Gasteiger partial charge is 0.317 e. The van der Waals surface area contributed by atoms with Crippen LogP contribution in [0.25, 0.3) is 0 Å². The molecule has 2 rings (SSSR count). The third kappa shape index (κ3) is 2.95. The fourth-order valence-electron chi connectivity index (χ4n) is 2.51. The summed E-state index contributed by atoms with van der Waals surface area (Å²) in [7, 11) is 0. The van der Waals surface area contributed by atoms with E-state index >= 15 is 0 Å². The predicted octanol–water partition coefficient (Wildman–Crippen LogP) is 2.49. The molecule has 1 aliphatic heterocycles. The van der Waals surface area contributed by atoms with Gasteiger partial charge in [-0.3, -0.25) is 4.79 Å². The lowest BCUT2D eigenvalue weighted by molar-refractivity contribution is -0.141. The van der Waals surface area contributed by atoms with Gasteiger partial charge in [0.1, 0.15) is 0 Å². The minimum absolute atomic E-state index is 0.0508. The standard InChI is InChI=1S/C14H20N2O3S/c1-3-10(13(17)18)8-15-14(19)16-6-4-12-11(9(16)2)5-7-20-12/h5,7,9-10H,3-4,6,8H2,1-2H3,(H,15,19)(H,17,18). The summed E-state index contributed by atoms with van der Waals surface area (Å²) in [4.78, 5) is 26.3. The normalized spacial score (nSPS) is 19.3. The zero-order chi connectivity index (χ0) is 14.7. The number of nitrogens with one attached hydrogen (secondary N) is 1. The van der Waals surface area contributed by atoms with Crippen molar-refractivity contribution in [2.75, 3.05) is 13.1 Å². The van der Waals surface area contributed by atoms with Gasteiger partial charge in [0.2, 0.25) is 0 Å². The molecule has 2 heterocycles. The van der Waals surface area contributed by atoms with Crippen LogP contribution in [0.2, 0.25) is 0 Å². The predicted molar refractivity (Wildman–Crippen MR) is 78.0 cm³/mol. The number of aliphatic carboxylic acids is 1. The van der Waals surface area contributed by atoms with Gasteiger partial charge in [-0.25, -0.2) is 4.79 Å². The molecule has 6 heteroatoms. The third-order valence-electron chi connectivity index (χ3n) is 3.88. The van der Waals surface area contributed by atoms with Crippen LogP contribution in [0.3, 0.4) is 0 Å². The highest BCUT2D eigenvalue weighted by molar-refractivity contribution is 7.10. The highest BCUT2D eigenvalue weighted by Gasteiger charge is 2.28. The molecular formula is C14H20N2O3S. The number of thiophene rings is 1. The Hall–Kier alpha value is -1.56. The first-order chi connectivity index (χ1) is 9.54. The second kappa shape index (κ2) is 6.26. The van der Waals surface area contributed by atoms with Crippen molar-refractivity contribution in [3.8, 4) is 0 Å². The third-order valence-corrected chi connectivity index (χ3v) is 4.88. The molecule has 2 amide bonds. The zero-order valence-electron chi connectivity index (χ0n) is 11.8. The number of carbonyl (C=O) groups is 2. The summed E-state index contributed by atoms with van der Waals surface area (Å²) in [5.41, 5.74) is 1.21. The first kappa shape index (κ1) is 14.8. The van der Waals surface area contributed by atoms with Gasteiger partial charge >= 0.3 is 12.0 Å². The highest BCUT2D eigenvalue weighted by atomic mass is 32.1. The van der Waals surface area contributed by atoms with Crippen molar-refractivity contribution in [3.63, 3.8) is 0 Å². The Morgan fingerprint density at radius 3 is 3.00 bits per heavy atom. The van der Waals surface area contributed by atoms with E-state index < -0.39 is 11.9 Å². The Labute approximate surface area is 122 Å². The maximum atomic E-state index is 12.2. The molecule has 1 aromatic rings. The van der Waals surface area contributed by atoms with E-state index in [2.05, 4.69) is 16.8 Å². The Morgan fingerprint density at radius 2 is 2.35 bits per heavy atom. The molecule has 2 atom stereocenters. The van der Waals surface area contributed by atoms with Crippen LogP contribution < -0.4 is 5.32 Å². The van der Waals surface area contributed by atoms with E-state index in [1.165, 1.54) is 10.4 Å². The van der Waals surface area contributed by atoms with Crippen LogP contribution in [0, 0.1) is 5.92 Å². The fraction of sp³-hybridized carbons (Fsp3) is 0.571. The van der Waals surface area contributed by atoms with E-state index in [-0.39, 0.29) is 18.6 Å². The Kier molecular flexibility index (Phi) is 4.65. The van der Waals surface area contributed by atoms with E-state index in [0.29, 0.717) is 13.0 Å². The lowest BCUT2D eigenvalue weighted by Crippen LogP contribution is -2.46. The Morgan fingerprint density at radius 1 is 1.60 bits per heavy atom. The van der Waals surface area contributed by atoms with Crippen LogP contribution in [-0.4, -0.2) is 35.1 Å². The van der Waals surface area contributed by atoms with Gasteiger partial charge in [0.25, 0.3) is 0 Å². The second-order valence-electron chi connectivity index (χ2n) is 5.05. The molecular weight excluding hydrogens is 276 g/mol. The summed E-state index contributed by atoms with van der Waals surface area (Å²) in [6.45, 7) is 4.69. The van der Waals surface area contributed by atoms with Crippen molar-refractivity contribution >= 4 is 23.3 Å². The number of fused-ring (bicyclic) bond motifs is 1. The van der Waals surface area contributed by atoms with E-state index in [4.69, 9.17) is 5.11 Å². The average molecular weight is 296 g/mol. The number of amides is 2. The van der Waals surface area contributed by atoms with Gasteiger partial charge in [-0.1, -0.05) is 6.92 Å². The van der Waals surface area contributed by atoms with Gasteiger partial charge < -0.3 is 15.3 Å². The molecule has 0 saturated heterocycles. The monoisotopic (exact) mass is 296 g/mol. The minimum atomic E-state index is -0.861. The summed E-state index contributed by atoms with van der Waals surface area (Å²) in [5.74, 6) is -1.38. The Bertz CT molecular complexity index is 500. The molecule has 0 fully saturated rings. The van der Waals surface area contributed by atoms with Gasteiger partial charge in [-0.2, -0.15) is 0 Å². The molecule has 0 spiro atoms. The van der Waals surface area contributed by atoms with E-state index in [0.717, 1.165) is 6.42 Å². The van der Waals surface area contributed by atoms with Gasteiger partial charge in [0, 0.05) is 18.0 Å². The molecule has 0 radical (unpaired) electrons. The van der Waals surface area contributed by atoms with Crippen LogP contribution in [-0.2, 0) is 11.2 Å². The number of nitrogens with zero attached hydrogens (tertiary/aromatic N) is 1. The van der Waals surface area contributed by atoms with Gasteiger partial charge in [0.15, 0.2) is 0 Å². The maximum Gasteiger partial charge on any atom is 0.317 e. The molecule has 0 aliphatic carbocycles. The van der Waals surface area contributed by atoms with Crippen molar-refractivity contribution in [2.45, 2.75) is 32.7 Å². The quantitative estimate of drug-likeness (QED) is 0.897. The number of hydrogen-bond donors (Lipinski definition) is 2. The van der Waals surface area contributed by atoms with E-state index in [1.807, 2.05) is 13.8 Å². The topological polar surface area (TPSA) is 69.6 Å². The summed E-state index contributed by atoms with van der Waals surface area (Å²) in [6.07, 6.45) is 1.39. The SMILES string of the molecule is CCC(CNC(=O)N1CCc2sccc2C1C)C(=O)O. The van der Waals surface area contributed by atoms with Crippen molar-refractivity contribution in [2.24, 2.45) is 5.92 Å². The molecule has 2 N–H and O–H groups in total. The largest absolute Gasteiger partial charge is 0.481 e. The van der Waals surface area contributed by atoms with Gasteiger partial charge in [-0.15, -0.1) is 11.3 Å². The fourth-order valence-corrected chi connectivity index (χ4v) is 3.47. The molecule has 0 bridgehead atoms. The molecule has 0 saturated carbocycles. The lowest BCUT2D eigenvalue weighted by atomic mass is 10.0. The van der Waals surface area contributed by atoms with Crippen molar-refractivity contribution in [1.82, 2.24) is 10.2 Å². The lowest BCUT2D eigenvalue weighted by Gasteiger charge is -2.33. The average Bonchev–Trinajstić information content (AvgIpc) is 2.88. The summed E-state index contributed by atoms with van der Waals surface area (Å²) >= 11 is 1.73. The van der Waals surface area contributed by atoms with Gasteiger partial charge in [0.05, 0.1) is 12.0 Å². The number of carbonyl (C=O) groups excluding carboxylic acids is 1. The summed E-state index contributed by atoms with van der Waals surface area (Å²) < 4.78 is 0. The van der Waals surface area contributed by atoms with Crippen molar-refractivity contribution in [3.05, 3.63) is 21.9 Å². The highest BCUT2D eigenvalue weighted by Crippen LogP contribution is 2.32. The molecule has 1 aromatic heterocycles. The van der Waals surface area contributed by atoms with E-state index in [9.17, 15) is 9.59 Å². The molecule has 20 heavy (non-hydrogen) atoms. The number of rotatable bonds is 4. The van der Waals surface area contributed by atoms with Crippen LogP contribution in [0.4, 0.5) is 4.79 Å². The minimum Gasteiger partial charge on any atom is -0.481 e. The van der Waals surface area contributed by atoms with Crippen molar-refractivity contribution < 1.29 is 14.7 Å². The van der Waals surface area contributed by atoms with E-state index in [1.54, 1.807) is 16.2 Å². The molecule has 1 aliphatic rings. The molecule has 0 aromatic carbocycles. The first-order valence-electron chi connectivity index (χ1n) is 6.88. The first-order valence-corrected chi connectivity index (χ1v) is 7.76. The van der Waals surface area contributed by atoms with Crippen LogP contribution in [0.15, 0.2) is 11.4 Å². The van der Waals surface area contributed by atoms with Crippen LogP contribution in [0.1, 0.15) is 36.8 Å². The number of hydrogen-bond acceptors (Lipinski definition) is 3. The molecule has 110 valence electrons. The number of carboxylic acid groups (broad SMARTS) is 1. The van der Waals surface area contributed by atoms with Gasteiger partial charge in [-0.05, 0) is 36.8 Å². The zero-order valence-corrected chi connectivity index (χ0v) is 12.6. The van der Waals surface area contributed by atoms with Crippen LogP contribution in [0.5, 0.6) is 0 Å². The Balaban J connectivity index is 1.95. The second-order valence-corrected chi connectivity index (χ2v) is 6.05. The number of carboxylic acids is 1. The summed E-state index contributed by atoms with van der Waals surface area (Å²) in [5, 5.41) is 13.8. The molecule has 2 unspecified atom stereocenters. The number of urea groups is 1. The molecule has 5 nitrogen and oxygen atoms in total. The maximum absolute atomic E-state index is 12.2. The van der Waals surface area contributed by atoms with Crippen LogP contribution >= 0.6 is 11.3 Å². The summed E-state index contributed by atoms with van der Waals surface area (Å²) in [6, 6.07) is 1.94. The van der Waals surface area contributed by atoms with Crippen molar-refractivity contribution in [1.29, 1.82) is 0 Å².